The molecule has 0 N–H and O–H groups in total. The maximum atomic E-state index is 2.41. The SMILES string of the molecule is C1CCCCC1.CCC(C)C1CCCCC1. The van der Waals surface area contributed by atoms with Crippen molar-refractivity contribution in [1.29, 1.82) is 0 Å². The molecule has 0 aromatic rings. The smallest absolute Gasteiger partial charge is 0.0389 e. The molecule has 1 atom stereocenters. The lowest BCUT2D eigenvalue weighted by Crippen LogP contribution is -2.14. The van der Waals surface area contributed by atoms with Gasteiger partial charge in [0.25, 0.3) is 0 Å². The van der Waals surface area contributed by atoms with Crippen LogP contribution in [-0.2, 0) is 0 Å². The van der Waals surface area contributed by atoms with E-state index in [0.717, 1.165) is 11.8 Å². The summed E-state index contributed by atoms with van der Waals surface area (Å²) >= 11 is 0. The first-order valence-corrected chi connectivity index (χ1v) is 7.84. The van der Waals surface area contributed by atoms with Crippen molar-refractivity contribution in [3.05, 3.63) is 0 Å². The first-order chi connectivity index (χ1) is 7.84. The molecule has 96 valence electrons. The second kappa shape index (κ2) is 9.07. The fourth-order valence-corrected chi connectivity index (χ4v) is 3.10. The Kier molecular flexibility index (Phi) is 7.98. The van der Waals surface area contributed by atoms with Crippen LogP contribution in [-0.4, -0.2) is 0 Å². The first kappa shape index (κ1) is 14.1. The third-order valence-electron chi connectivity index (χ3n) is 4.60. The minimum atomic E-state index is 0.986. The van der Waals surface area contributed by atoms with Gasteiger partial charge in [-0.05, 0) is 11.8 Å². The number of rotatable bonds is 2. The van der Waals surface area contributed by atoms with E-state index in [1.165, 1.54) is 77.0 Å². The van der Waals surface area contributed by atoms with Crippen molar-refractivity contribution in [3.63, 3.8) is 0 Å². The van der Waals surface area contributed by atoms with Crippen molar-refractivity contribution in [2.24, 2.45) is 11.8 Å². The maximum absolute atomic E-state index is 2.41. The highest BCUT2D eigenvalue weighted by Gasteiger charge is 2.17. The van der Waals surface area contributed by atoms with E-state index in [4.69, 9.17) is 0 Å². The van der Waals surface area contributed by atoms with Gasteiger partial charge in [0.15, 0.2) is 0 Å². The summed E-state index contributed by atoms with van der Waals surface area (Å²) < 4.78 is 0. The largest absolute Gasteiger partial charge is 0.0651 e. The van der Waals surface area contributed by atoms with Gasteiger partial charge in [0.1, 0.15) is 0 Å². The molecule has 0 nitrogen and oxygen atoms in total. The Bertz CT molecular complexity index is 129. The van der Waals surface area contributed by atoms with E-state index in [1.54, 1.807) is 0 Å². The molecule has 0 aromatic carbocycles. The number of hydrogen-bond acceptors (Lipinski definition) is 0. The van der Waals surface area contributed by atoms with Crippen molar-refractivity contribution >= 4 is 0 Å². The molecule has 0 aliphatic heterocycles. The van der Waals surface area contributed by atoms with Crippen LogP contribution in [0.5, 0.6) is 0 Å². The Labute approximate surface area is 103 Å². The molecule has 16 heavy (non-hydrogen) atoms. The molecule has 0 amide bonds. The van der Waals surface area contributed by atoms with Gasteiger partial charge in [-0.3, -0.25) is 0 Å². The summed E-state index contributed by atoms with van der Waals surface area (Å²) in [4.78, 5) is 0. The molecule has 2 aliphatic rings. The van der Waals surface area contributed by atoms with Gasteiger partial charge in [0.05, 0.1) is 0 Å². The Balaban J connectivity index is 0.000000181. The summed E-state index contributed by atoms with van der Waals surface area (Å²) in [7, 11) is 0. The highest BCUT2D eigenvalue weighted by atomic mass is 14.2. The topological polar surface area (TPSA) is 0 Å². The van der Waals surface area contributed by atoms with Crippen LogP contribution in [0.3, 0.4) is 0 Å². The third-order valence-corrected chi connectivity index (χ3v) is 4.60. The van der Waals surface area contributed by atoms with Crippen molar-refractivity contribution in [1.82, 2.24) is 0 Å². The second-order valence-electron chi connectivity index (χ2n) is 5.90. The molecule has 1 unspecified atom stereocenters. The Morgan fingerprint density at radius 1 is 0.750 bits per heavy atom. The van der Waals surface area contributed by atoms with Crippen LogP contribution < -0.4 is 0 Å². The average molecular weight is 224 g/mol. The lowest BCUT2D eigenvalue weighted by Gasteiger charge is -2.26. The zero-order chi connectivity index (χ0) is 11.6. The van der Waals surface area contributed by atoms with E-state index in [-0.39, 0.29) is 0 Å². The maximum Gasteiger partial charge on any atom is -0.0389 e. The summed E-state index contributed by atoms with van der Waals surface area (Å²) in [5, 5.41) is 0. The molecule has 2 rings (SSSR count). The molecule has 0 bridgehead atoms. The van der Waals surface area contributed by atoms with Crippen molar-refractivity contribution < 1.29 is 0 Å². The zero-order valence-corrected chi connectivity index (χ0v) is 11.6. The third kappa shape index (κ3) is 5.92. The molecular weight excluding hydrogens is 192 g/mol. The zero-order valence-electron chi connectivity index (χ0n) is 11.6. The summed E-state index contributed by atoms with van der Waals surface area (Å²) in [5.74, 6) is 2.05. The standard InChI is InChI=1S/C10H20.C6H12/c1-3-9(2)10-7-5-4-6-8-10;1-2-4-6-5-3-1/h9-10H,3-8H2,1-2H3;1-6H2. The van der Waals surface area contributed by atoms with E-state index in [2.05, 4.69) is 13.8 Å². The van der Waals surface area contributed by atoms with Crippen molar-refractivity contribution in [2.45, 2.75) is 90.9 Å². The highest BCUT2D eigenvalue weighted by Crippen LogP contribution is 2.30. The van der Waals surface area contributed by atoms with Crippen LogP contribution in [0.2, 0.25) is 0 Å². The molecule has 0 radical (unpaired) electrons. The van der Waals surface area contributed by atoms with Gasteiger partial charge in [-0.15, -0.1) is 0 Å². The Morgan fingerprint density at radius 3 is 1.50 bits per heavy atom. The van der Waals surface area contributed by atoms with Crippen molar-refractivity contribution in [3.8, 4) is 0 Å². The summed E-state index contributed by atoms with van der Waals surface area (Å²) in [5.41, 5.74) is 0. The van der Waals surface area contributed by atoms with Crippen LogP contribution in [0.4, 0.5) is 0 Å². The van der Waals surface area contributed by atoms with Crippen LogP contribution in [0.15, 0.2) is 0 Å². The van der Waals surface area contributed by atoms with Gasteiger partial charge in [-0.25, -0.2) is 0 Å². The van der Waals surface area contributed by atoms with Gasteiger partial charge < -0.3 is 0 Å². The van der Waals surface area contributed by atoms with Gasteiger partial charge in [0, 0.05) is 0 Å². The highest BCUT2D eigenvalue weighted by molar-refractivity contribution is 4.69. The lowest BCUT2D eigenvalue weighted by atomic mass is 9.80. The molecule has 0 aromatic heterocycles. The van der Waals surface area contributed by atoms with Crippen LogP contribution in [0.25, 0.3) is 0 Å². The van der Waals surface area contributed by atoms with E-state index >= 15 is 0 Å². The Hall–Kier alpha value is 0. The molecule has 2 fully saturated rings. The van der Waals surface area contributed by atoms with Crippen LogP contribution >= 0.6 is 0 Å². The summed E-state index contributed by atoms with van der Waals surface area (Å²) in [6.07, 6.45) is 17.9. The van der Waals surface area contributed by atoms with Gasteiger partial charge in [-0.2, -0.15) is 0 Å². The number of hydrogen-bond donors (Lipinski definition) is 0. The fraction of sp³-hybridized carbons (Fsp3) is 1.00. The van der Waals surface area contributed by atoms with Gasteiger partial charge in [-0.1, -0.05) is 90.9 Å². The monoisotopic (exact) mass is 224 g/mol. The Morgan fingerprint density at radius 2 is 1.12 bits per heavy atom. The van der Waals surface area contributed by atoms with Crippen molar-refractivity contribution in [2.75, 3.05) is 0 Å². The molecular formula is C16H32. The van der Waals surface area contributed by atoms with E-state index in [0.29, 0.717) is 0 Å². The molecule has 0 heteroatoms. The molecule has 2 aliphatic carbocycles. The summed E-state index contributed by atoms with van der Waals surface area (Å²) in [6.45, 7) is 4.73. The predicted molar refractivity (Wildman–Crippen MR) is 73.7 cm³/mol. The minimum absolute atomic E-state index is 0.986. The minimum Gasteiger partial charge on any atom is -0.0651 e. The van der Waals surface area contributed by atoms with E-state index in [9.17, 15) is 0 Å². The van der Waals surface area contributed by atoms with Crippen LogP contribution in [0, 0.1) is 11.8 Å². The molecule has 2 saturated carbocycles. The lowest BCUT2D eigenvalue weighted by molar-refractivity contribution is 0.258. The molecule has 0 saturated heterocycles. The predicted octanol–water partition coefficient (Wildman–Crippen LogP) is 5.95. The van der Waals surface area contributed by atoms with Crippen LogP contribution in [0.1, 0.15) is 90.9 Å². The molecule has 0 spiro atoms. The molecule has 0 heterocycles. The second-order valence-corrected chi connectivity index (χ2v) is 5.90. The van der Waals surface area contributed by atoms with E-state index < -0.39 is 0 Å². The van der Waals surface area contributed by atoms with E-state index in [1.807, 2.05) is 0 Å². The normalized spacial score (nSPS) is 24.4. The first-order valence-electron chi connectivity index (χ1n) is 7.84. The quantitative estimate of drug-likeness (QED) is 0.543. The van der Waals surface area contributed by atoms with Gasteiger partial charge in [0.2, 0.25) is 0 Å². The average Bonchev–Trinajstić information content (AvgIpc) is 2.41. The fourth-order valence-electron chi connectivity index (χ4n) is 3.10. The van der Waals surface area contributed by atoms with Gasteiger partial charge >= 0.3 is 0 Å². The summed E-state index contributed by atoms with van der Waals surface area (Å²) in [6, 6.07) is 0.